The van der Waals surface area contributed by atoms with Gasteiger partial charge < -0.3 is 4.90 Å². The van der Waals surface area contributed by atoms with Crippen molar-refractivity contribution in [1.29, 1.82) is 0 Å². The molecule has 176 valence electrons. The molecule has 0 radical (unpaired) electrons. The van der Waals surface area contributed by atoms with Crippen molar-refractivity contribution in [2.24, 2.45) is 5.92 Å². The zero-order chi connectivity index (χ0) is 24.2. The molecule has 1 fully saturated rings. The predicted octanol–water partition coefficient (Wildman–Crippen LogP) is 5.48. The van der Waals surface area contributed by atoms with Crippen LogP contribution in [0.3, 0.4) is 0 Å². The molecule has 0 spiro atoms. The molecule has 4 nitrogen and oxygen atoms in total. The average molecular weight is 487 g/mol. The van der Waals surface area contributed by atoms with Gasteiger partial charge in [-0.25, -0.2) is 8.78 Å². The summed E-state index contributed by atoms with van der Waals surface area (Å²) in [5, 5.41) is -0.206. The first kappa shape index (κ1) is 23.5. The summed E-state index contributed by atoms with van der Waals surface area (Å²) in [6.45, 7) is 3.31. The molecule has 0 aromatic heterocycles. The van der Waals surface area contributed by atoms with E-state index in [0.717, 1.165) is 18.2 Å². The molecule has 0 saturated carbocycles. The van der Waals surface area contributed by atoms with Gasteiger partial charge in [-0.15, -0.1) is 0 Å². The summed E-state index contributed by atoms with van der Waals surface area (Å²) in [4.78, 5) is 18.4. The first-order valence-electron chi connectivity index (χ1n) is 10.1. The Labute approximate surface area is 191 Å². The van der Waals surface area contributed by atoms with Crippen LogP contribution in [0.15, 0.2) is 48.5 Å². The minimum Gasteiger partial charge on any atom is -0.335 e. The molecule has 4 rings (SSSR count). The van der Waals surface area contributed by atoms with Gasteiger partial charge in [-0.3, -0.25) is 15.1 Å². The highest BCUT2D eigenvalue weighted by molar-refractivity contribution is 6.30. The molecule has 10 heteroatoms. The first-order chi connectivity index (χ1) is 15.3. The number of hydroxylamine groups is 1. The lowest BCUT2D eigenvalue weighted by atomic mass is 9.86. The van der Waals surface area contributed by atoms with Gasteiger partial charge in [-0.1, -0.05) is 49.7 Å². The van der Waals surface area contributed by atoms with Gasteiger partial charge in [0.15, 0.2) is 5.67 Å². The largest absolute Gasteiger partial charge is 0.428 e. The molecule has 2 aliphatic heterocycles. The molecule has 2 aliphatic rings. The van der Waals surface area contributed by atoms with Gasteiger partial charge in [0, 0.05) is 16.5 Å². The molecular formula is C23H20ClF5N2O2. The molecule has 1 amide bonds. The maximum Gasteiger partial charge on any atom is 0.428 e. The van der Waals surface area contributed by atoms with Crippen molar-refractivity contribution >= 4 is 23.2 Å². The lowest BCUT2D eigenvalue weighted by Gasteiger charge is -2.45. The highest BCUT2D eigenvalue weighted by Crippen LogP contribution is 2.48. The second-order valence-corrected chi connectivity index (χ2v) is 8.98. The van der Waals surface area contributed by atoms with Crippen LogP contribution in [0.25, 0.3) is 5.70 Å². The van der Waals surface area contributed by atoms with Gasteiger partial charge in [-0.05, 0) is 35.4 Å². The normalized spacial score (nSPS) is 22.1. The van der Waals surface area contributed by atoms with E-state index in [4.69, 9.17) is 16.4 Å². The number of amides is 1. The van der Waals surface area contributed by atoms with E-state index < -0.39 is 28.8 Å². The Morgan fingerprint density at radius 2 is 1.76 bits per heavy atom. The van der Waals surface area contributed by atoms with Crippen LogP contribution in [-0.4, -0.2) is 30.1 Å². The maximum atomic E-state index is 15.2. The number of nitrogens with one attached hydrogen (secondary N) is 1. The fraction of sp³-hybridized carbons (Fsp3) is 0.348. The van der Waals surface area contributed by atoms with E-state index in [1.54, 1.807) is 13.8 Å². The van der Waals surface area contributed by atoms with E-state index in [-0.39, 0.29) is 35.6 Å². The number of nitrogens with zero attached hydrogens (tertiary/aromatic N) is 1. The molecular weight excluding hydrogens is 467 g/mol. The van der Waals surface area contributed by atoms with Crippen LogP contribution >= 0.6 is 11.6 Å². The van der Waals surface area contributed by atoms with Crippen LogP contribution in [0.2, 0.25) is 5.02 Å². The number of alkyl halides is 4. The molecule has 2 aromatic carbocycles. The molecule has 1 N–H and O–H groups in total. The quantitative estimate of drug-likeness (QED) is 0.582. The summed E-state index contributed by atoms with van der Waals surface area (Å²) >= 11 is 5.76. The minimum atomic E-state index is -4.93. The summed E-state index contributed by atoms with van der Waals surface area (Å²) in [5.41, 5.74) is -2.33. The molecule has 1 atom stereocenters. The molecule has 1 saturated heterocycles. The number of carbonyl (C=O) groups is 1. The summed E-state index contributed by atoms with van der Waals surface area (Å²) in [6, 6.07) is 8.41. The monoisotopic (exact) mass is 486 g/mol. The summed E-state index contributed by atoms with van der Waals surface area (Å²) in [7, 11) is 0. The van der Waals surface area contributed by atoms with Crippen molar-refractivity contribution in [1.82, 2.24) is 10.4 Å². The number of hydrogen-bond donors (Lipinski definition) is 1. The van der Waals surface area contributed by atoms with Gasteiger partial charge >= 0.3 is 6.18 Å². The van der Waals surface area contributed by atoms with Crippen LogP contribution in [0.4, 0.5) is 22.0 Å². The van der Waals surface area contributed by atoms with Crippen molar-refractivity contribution in [2.45, 2.75) is 31.3 Å². The lowest BCUT2D eigenvalue weighted by molar-refractivity contribution is -0.269. The minimum absolute atomic E-state index is 0.0163. The van der Waals surface area contributed by atoms with Crippen molar-refractivity contribution in [3.05, 3.63) is 76.1 Å². The van der Waals surface area contributed by atoms with Crippen molar-refractivity contribution in [2.75, 3.05) is 13.1 Å². The molecule has 2 aromatic rings. The van der Waals surface area contributed by atoms with E-state index in [1.165, 1.54) is 29.2 Å². The zero-order valence-electron chi connectivity index (χ0n) is 17.6. The Morgan fingerprint density at radius 1 is 1.12 bits per heavy atom. The predicted molar refractivity (Wildman–Crippen MR) is 112 cm³/mol. The number of halogens is 6. The molecule has 0 aliphatic carbocycles. The van der Waals surface area contributed by atoms with E-state index in [9.17, 15) is 22.4 Å². The van der Waals surface area contributed by atoms with Gasteiger partial charge in [0.2, 0.25) is 11.5 Å². The number of carbonyl (C=O) groups excluding carboxylic acids is 1. The molecule has 2 heterocycles. The smallest absolute Gasteiger partial charge is 0.335 e. The second kappa shape index (κ2) is 7.99. The Bertz CT molecular complexity index is 1090. The van der Waals surface area contributed by atoms with E-state index >= 15 is 4.39 Å². The maximum absolute atomic E-state index is 15.2. The fourth-order valence-electron chi connectivity index (χ4n) is 3.96. The summed E-state index contributed by atoms with van der Waals surface area (Å²) in [6.07, 6.45) is -4.13. The third-order valence-electron chi connectivity index (χ3n) is 5.78. The summed E-state index contributed by atoms with van der Waals surface area (Å²) < 4.78 is 71.0. The van der Waals surface area contributed by atoms with Crippen LogP contribution in [0.1, 0.15) is 30.5 Å². The van der Waals surface area contributed by atoms with Gasteiger partial charge in [0.25, 0.3) is 0 Å². The average Bonchev–Trinajstić information content (AvgIpc) is 3.17. The Balaban J connectivity index is 1.60. The van der Waals surface area contributed by atoms with Crippen molar-refractivity contribution in [3.63, 3.8) is 0 Å². The third kappa shape index (κ3) is 4.08. The topological polar surface area (TPSA) is 41.6 Å². The zero-order valence-corrected chi connectivity index (χ0v) is 18.4. The number of rotatable bonds is 4. The van der Waals surface area contributed by atoms with Gasteiger partial charge in [0.1, 0.15) is 5.82 Å². The van der Waals surface area contributed by atoms with E-state index in [1.807, 2.05) is 0 Å². The SMILES string of the molecule is CC(C)C(=O)N1CC(F)(c2ccc(C3=CC(c4cc(F)cc(Cl)c4)(C(F)(F)F)ON3)cc2)C1. The number of likely N-dealkylation sites (tertiary alicyclic amines) is 1. The lowest BCUT2D eigenvalue weighted by Crippen LogP contribution is -2.59. The number of benzene rings is 2. The van der Waals surface area contributed by atoms with Crippen molar-refractivity contribution in [3.8, 4) is 0 Å². The Kier molecular flexibility index (Phi) is 5.69. The standard InChI is InChI=1S/C23H20ClF5N2O2/c1-13(2)20(32)31-11-21(26,12-31)15-5-3-14(4-6-15)19-10-22(33-30-19,23(27,28)29)16-7-17(24)9-18(25)8-16/h3-10,13,30H,11-12H2,1-2H3. The number of hydrogen-bond acceptors (Lipinski definition) is 3. The van der Waals surface area contributed by atoms with Crippen molar-refractivity contribution < 1.29 is 31.6 Å². The van der Waals surface area contributed by atoms with E-state index in [0.29, 0.717) is 17.2 Å². The Morgan fingerprint density at radius 3 is 2.30 bits per heavy atom. The highest BCUT2D eigenvalue weighted by Gasteiger charge is 2.59. The van der Waals surface area contributed by atoms with Gasteiger partial charge in [0.05, 0.1) is 18.8 Å². The first-order valence-corrected chi connectivity index (χ1v) is 10.5. The molecule has 1 unspecified atom stereocenters. The van der Waals surface area contributed by atoms with Crippen LogP contribution in [0, 0.1) is 11.7 Å². The van der Waals surface area contributed by atoms with E-state index in [2.05, 4.69) is 5.48 Å². The fourth-order valence-corrected chi connectivity index (χ4v) is 4.19. The van der Waals surface area contributed by atoms with Crippen LogP contribution < -0.4 is 5.48 Å². The molecule has 33 heavy (non-hydrogen) atoms. The van der Waals surface area contributed by atoms with Gasteiger partial charge in [-0.2, -0.15) is 13.2 Å². The van der Waals surface area contributed by atoms with Crippen LogP contribution in [-0.2, 0) is 20.9 Å². The Hall–Kier alpha value is -2.65. The third-order valence-corrected chi connectivity index (χ3v) is 6.00. The summed E-state index contributed by atoms with van der Waals surface area (Å²) in [5.74, 6) is -1.31. The molecule has 0 bridgehead atoms. The highest BCUT2D eigenvalue weighted by atomic mass is 35.5. The van der Waals surface area contributed by atoms with Crippen LogP contribution in [0.5, 0.6) is 0 Å². The second-order valence-electron chi connectivity index (χ2n) is 8.55.